The number of furan rings is 1. The maximum atomic E-state index is 9.08. The van der Waals surface area contributed by atoms with E-state index in [9.17, 15) is 0 Å². The third kappa shape index (κ3) is 1.96. The van der Waals surface area contributed by atoms with Crippen molar-refractivity contribution in [1.82, 2.24) is 4.98 Å². The first kappa shape index (κ1) is 11.1. The highest BCUT2D eigenvalue weighted by molar-refractivity contribution is 5.86. The molecular weight excluding hydrogens is 242 g/mol. The van der Waals surface area contributed by atoms with Crippen molar-refractivity contribution in [3.63, 3.8) is 0 Å². The molecule has 0 spiro atoms. The largest absolute Gasteiger partial charge is 0.442 e. The van der Waals surface area contributed by atoms with Crippen LogP contribution in [0.1, 0.15) is 5.76 Å². The molecule has 0 aliphatic carbocycles. The van der Waals surface area contributed by atoms with Crippen LogP contribution in [0.3, 0.4) is 0 Å². The third-order valence-corrected chi connectivity index (χ3v) is 2.62. The van der Waals surface area contributed by atoms with Gasteiger partial charge in [0.15, 0.2) is 5.75 Å². The molecule has 0 fully saturated rings. The lowest BCUT2D eigenvalue weighted by molar-refractivity contribution is 0.451. The summed E-state index contributed by atoms with van der Waals surface area (Å²) >= 11 is 0. The van der Waals surface area contributed by atoms with E-state index in [-0.39, 0.29) is 5.76 Å². The standard InChI is InChI=1S/C14H9N3O2/c15-8-12-14(10-3-1-2-4-11(10)18-12)19-13-7-9(16)5-6-17-13/h1-7H,(H2,16,17). The van der Waals surface area contributed by atoms with Crippen molar-refractivity contribution in [3.05, 3.63) is 48.4 Å². The van der Waals surface area contributed by atoms with Crippen molar-refractivity contribution in [3.8, 4) is 17.7 Å². The first-order chi connectivity index (χ1) is 9.28. The second-order valence-corrected chi connectivity index (χ2v) is 3.90. The zero-order valence-electron chi connectivity index (χ0n) is 9.83. The average Bonchev–Trinajstić information content (AvgIpc) is 2.77. The topological polar surface area (TPSA) is 85.1 Å². The van der Waals surface area contributed by atoms with Gasteiger partial charge in [-0.1, -0.05) is 12.1 Å². The Morgan fingerprint density at radius 1 is 1.26 bits per heavy atom. The van der Waals surface area contributed by atoms with Crippen molar-refractivity contribution >= 4 is 16.7 Å². The van der Waals surface area contributed by atoms with Crippen LogP contribution in [0.5, 0.6) is 11.6 Å². The zero-order chi connectivity index (χ0) is 13.2. The van der Waals surface area contributed by atoms with Crippen molar-refractivity contribution in [2.24, 2.45) is 0 Å². The van der Waals surface area contributed by atoms with Crippen molar-refractivity contribution in [1.29, 1.82) is 5.26 Å². The predicted molar refractivity (Wildman–Crippen MR) is 69.7 cm³/mol. The summed E-state index contributed by atoms with van der Waals surface area (Å²) in [7, 11) is 0. The molecule has 2 aromatic heterocycles. The maximum Gasteiger partial charge on any atom is 0.247 e. The maximum absolute atomic E-state index is 9.08. The molecule has 5 nitrogen and oxygen atoms in total. The highest BCUT2D eigenvalue weighted by Gasteiger charge is 2.16. The van der Waals surface area contributed by atoms with Crippen molar-refractivity contribution in [2.75, 3.05) is 5.73 Å². The van der Waals surface area contributed by atoms with Gasteiger partial charge in [0.1, 0.15) is 11.7 Å². The summed E-state index contributed by atoms with van der Waals surface area (Å²) in [5, 5.41) is 9.81. The molecule has 0 atom stereocenters. The molecule has 0 aliphatic rings. The number of pyridine rings is 1. The third-order valence-electron chi connectivity index (χ3n) is 2.62. The summed E-state index contributed by atoms with van der Waals surface area (Å²) in [6.07, 6.45) is 1.54. The van der Waals surface area contributed by atoms with E-state index < -0.39 is 0 Å². The number of hydrogen-bond donors (Lipinski definition) is 1. The predicted octanol–water partition coefficient (Wildman–Crippen LogP) is 3.07. The van der Waals surface area contributed by atoms with Crippen LogP contribution in [-0.4, -0.2) is 4.98 Å². The molecule has 3 rings (SSSR count). The summed E-state index contributed by atoms with van der Waals surface area (Å²) in [5.41, 5.74) is 6.80. The summed E-state index contributed by atoms with van der Waals surface area (Å²) < 4.78 is 11.0. The van der Waals surface area contributed by atoms with Gasteiger partial charge in [-0.15, -0.1) is 0 Å². The number of ether oxygens (including phenoxy) is 1. The van der Waals surface area contributed by atoms with Crippen LogP contribution in [0.2, 0.25) is 0 Å². The summed E-state index contributed by atoms with van der Waals surface area (Å²) in [5.74, 6) is 0.796. The van der Waals surface area contributed by atoms with E-state index >= 15 is 0 Å². The Hall–Kier alpha value is -3.00. The van der Waals surface area contributed by atoms with Crippen LogP contribution < -0.4 is 10.5 Å². The van der Waals surface area contributed by atoms with Crippen LogP contribution in [0.4, 0.5) is 5.69 Å². The van der Waals surface area contributed by atoms with Gasteiger partial charge in [-0.3, -0.25) is 0 Å². The van der Waals surface area contributed by atoms with Gasteiger partial charge in [0.2, 0.25) is 11.6 Å². The monoisotopic (exact) mass is 251 g/mol. The Morgan fingerprint density at radius 3 is 2.89 bits per heavy atom. The smallest absolute Gasteiger partial charge is 0.247 e. The van der Waals surface area contributed by atoms with Gasteiger partial charge >= 0.3 is 0 Å². The molecule has 3 aromatic rings. The first-order valence-corrected chi connectivity index (χ1v) is 5.59. The molecule has 0 saturated carbocycles. The van der Waals surface area contributed by atoms with Gasteiger partial charge < -0.3 is 14.9 Å². The Morgan fingerprint density at radius 2 is 2.11 bits per heavy atom. The number of fused-ring (bicyclic) bond motifs is 1. The number of benzene rings is 1. The van der Waals surface area contributed by atoms with Gasteiger partial charge in [0, 0.05) is 18.0 Å². The van der Waals surface area contributed by atoms with Crippen LogP contribution in [0, 0.1) is 11.3 Å². The fourth-order valence-electron chi connectivity index (χ4n) is 1.78. The molecule has 19 heavy (non-hydrogen) atoms. The van der Waals surface area contributed by atoms with E-state index in [0.29, 0.717) is 22.9 Å². The van der Waals surface area contributed by atoms with E-state index in [2.05, 4.69) is 4.98 Å². The second-order valence-electron chi connectivity index (χ2n) is 3.90. The highest BCUT2D eigenvalue weighted by atomic mass is 16.5. The Labute approximate surface area is 108 Å². The van der Waals surface area contributed by atoms with E-state index in [4.69, 9.17) is 20.1 Å². The van der Waals surface area contributed by atoms with E-state index in [1.54, 1.807) is 24.4 Å². The normalized spacial score (nSPS) is 10.3. The average molecular weight is 251 g/mol. The molecule has 0 aliphatic heterocycles. The quantitative estimate of drug-likeness (QED) is 0.756. The van der Waals surface area contributed by atoms with Crippen LogP contribution in [0.25, 0.3) is 11.0 Å². The molecule has 5 heteroatoms. The van der Waals surface area contributed by atoms with Gasteiger partial charge in [0.25, 0.3) is 0 Å². The molecule has 0 amide bonds. The molecular formula is C14H9N3O2. The van der Waals surface area contributed by atoms with E-state index in [1.165, 1.54) is 0 Å². The number of nitrogens with zero attached hydrogens (tertiary/aromatic N) is 2. The molecule has 1 aromatic carbocycles. The number of anilines is 1. The van der Waals surface area contributed by atoms with E-state index in [1.807, 2.05) is 24.3 Å². The first-order valence-electron chi connectivity index (χ1n) is 5.59. The minimum Gasteiger partial charge on any atom is -0.442 e. The number of nitriles is 1. The molecule has 0 bridgehead atoms. The van der Waals surface area contributed by atoms with Crippen molar-refractivity contribution < 1.29 is 9.15 Å². The second kappa shape index (κ2) is 4.35. The number of para-hydroxylation sites is 1. The molecule has 2 heterocycles. The number of nitrogen functional groups attached to an aromatic ring is 1. The molecule has 0 saturated heterocycles. The summed E-state index contributed by atoms with van der Waals surface area (Å²) in [4.78, 5) is 4.04. The summed E-state index contributed by atoms with van der Waals surface area (Å²) in [6.45, 7) is 0. The lowest BCUT2D eigenvalue weighted by atomic mass is 10.2. The number of aromatic nitrogens is 1. The minimum atomic E-state index is 0.116. The number of rotatable bonds is 2. The van der Waals surface area contributed by atoms with Gasteiger partial charge in [-0.2, -0.15) is 5.26 Å². The van der Waals surface area contributed by atoms with Crippen molar-refractivity contribution in [2.45, 2.75) is 0 Å². The summed E-state index contributed by atoms with van der Waals surface area (Å²) in [6, 6.07) is 12.5. The van der Waals surface area contributed by atoms with Gasteiger partial charge in [-0.05, 0) is 18.2 Å². The Kier molecular flexibility index (Phi) is 2.54. The van der Waals surface area contributed by atoms with Crippen LogP contribution >= 0.6 is 0 Å². The highest BCUT2D eigenvalue weighted by Crippen LogP contribution is 2.35. The van der Waals surface area contributed by atoms with E-state index in [0.717, 1.165) is 5.39 Å². The molecule has 92 valence electrons. The Bertz CT molecular complexity index is 787. The number of nitrogens with two attached hydrogens (primary N) is 1. The SMILES string of the molecule is N#Cc1oc2ccccc2c1Oc1cc(N)ccn1. The van der Waals surface area contributed by atoms with Crippen LogP contribution in [-0.2, 0) is 0 Å². The molecule has 2 N–H and O–H groups in total. The van der Waals surface area contributed by atoms with Gasteiger partial charge in [0.05, 0.1) is 5.39 Å². The lowest BCUT2D eigenvalue weighted by Gasteiger charge is -2.03. The van der Waals surface area contributed by atoms with Crippen LogP contribution in [0.15, 0.2) is 47.0 Å². The minimum absolute atomic E-state index is 0.116. The fraction of sp³-hybridized carbons (Fsp3) is 0. The zero-order valence-corrected chi connectivity index (χ0v) is 9.83. The Balaban J connectivity index is 2.12. The molecule has 0 radical (unpaired) electrons. The number of hydrogen-bond acceptors (Lipinski definition) is 5. The fourth-order valence-corrected chi connectivity index (χ4v) is 1.78. The van der Waals surface area contributed by atoms with Gasteiger partial charge in [-0.25, -0.2) is 4.98 Å². The molecule has 0 unspecified atom stereocenters. The lowest BCUT2D eigenvalue weighted by Crippen LogP contribution is -1.91.